The van der Waals surface area contributed by atoms with Crippen LogP contribution in [0.3, 0.4) is 0 Å². The number of hydrogen-bond donors (Lipinski definition) is 1. The van der Waals surface area contributed by atoms with Gasteiger partial charge >= 0.3 is 0 Å². The molecule has 0 spiro atoms. The average Bonchev–Trinajstić information content (AvgIpc) is 3.01. The third-order valence-corrected chi connectivity index (χ3v) is 6.01. The molecule has 7 nitrogen and oxygen atoms in total. The summed E-state index contributed by atoms with van der Waals surface area (Å²) in [6.07, 6.45) is 4.15. The van der Waals surface area contributed by atoms with Crippen LogP contribution in [0.25, 0.3) is 6.08 Å². The van der Waals surface area contributed by atoms with Gasteiger partial charge in [-0.05, 0) is 30.5 Å². The SMILES string of the molecule is O=C(CCCCCN1C(=O)C(=Cc2ccccc2)SC1=S)Nc1ccccc1[N+](=O)[O-]. The molecule has 2 amide bonds. The lowest BCUT2D eigenvalue weighted by molar-refractivity contribution is -0.383. The predicted molar refractivity (Wildman–Crippen MR) is 127 cm³/mol. The van der Waals surface area contributed by atoms with Gasteiger partial charge in [0.1, 0.15) is 10.0 Å². The zero-order chi connectivity index (χ0) is 22.2. The van der Waals surface area contributed by atoms with E-state index in [0.717, 1.165) is 12.0 Å². The Morgan fingerprint density at radius 1 is 1.10 bits per heavy atom. The van der Waals surface area contributed by atoms with Crippen molar-refractivity contribution in [2.75, 3.05) is 11.9 Å². The molecule has 1 fully saturated rings. The minimum atomic E-state index is -0.524. The maximum absolute atomic E-state index is 12.6. The van der Waals surface area contributed by atoms with Crippen molar-refractivity contribution in [2.24, 2.45) is 0 Å². The Labute approximate surface area is 189 Å². The fourth-order valence-electron chi connectivity index (χ4n) is 3.08. The number of hydrogen-bond acceptors (Lipinski definition) is 6. The topological polar surface area (TPSA) is 92.6 Å². The van der Waals surface area contributed by atoms with Crippen LogP contribution in [0.5, 0.6) is 0 Å². The van der Waals surface area contributed by atoms with E-state index < -0.39 is 4.92 Å². The number of thiocarbonyl (C=S) groups is 1. The molecule has 0 bridgehead atoms. The summed E-state index contributed by atoms with van der Waals surface area (Å²) >= 11 is 6.64. The van der Waals surface area contributed by atoms with Crippen molar-refractivity contribution < 1.29 is 14.5 Å². The van der Waals surface area contributed by atoms with E-state index in [0.29, 0.717) is 28.6 Å². The molecule has 3 rings (SSSR count). The second-order valence-corrected chi connectivity index (χ2v) is 8.55. The smallest absolute Gasteiger partial charge is 0.292 e. The van der Waals surface area contributed by atoms with Gasteiger partial charge in [0.2, 0.25) is 5.91 Å². The average molecular weight is 456 g/mol. The number of unbranched alkanes of at least 4 members (excludes halogenated alkanes) is 2. The largest absolute Gasteiger partial charge is 0.320 e. The first-order valence-corrected chi connectivity index (χ1v) is 11.0. The molecular weight excluding hydrogens is 434 g/mol. The van der Waals surface area contributed by atoms with Crippen LogP contribution in [0, 0.1) is 10.1 Å². The summed E-state index contributed by atoms with van der Waals surface area (Å²) in [7, 11) is 0. The molecule has 31 heavy (non-hydrogen) atoms. The van der Waals surface area contributed by atoms with Crippen LogP contribution in [0.15, 0.2) is 59.5 Å². The third kappa shape index (κ3) is 6.22. The number of rotatable bonds is 9. The monoisotopic (exact) mass is 455 g/mol. The first-order valence-electron chi connectivity index (χ1n) is 9.79. The van der Waals surface area contributed by atoms with Gasteiger partial charge in [0.25, 0.3) is 11.6 Å². The Kier molecular flexibility index (Phi) is 7.91. The number of nitrogens with zero attached hydrogens (tertiary/aromatic N) is 2. The van der Waals surface area contributed by atoms with Crippen molar-refractivity contribution in [1.82, 2.24) is 4.90 Å². The van der Waals surface area contributed by atoms with Gasteiger partial charge < -0.3 is 5.32 Å². The highest BCUT2D eigenvalue weighted by Crippen LogP contribution is 2.32. The molecule has 0 unspecified atom stereocenters. The molecule has 1 aliphatic heterocycles. The van der Waals surface area contributed by atoms with E-state index >= 15 is 0 Å². The van der Waals surface area contributed by atoms with Crippen molar-refractivity contribution in [3.8, 4) is 0 Å². The van der Waals surface area contributed by atoms with Crippen molar-refractivity contribution in [3.63, 3.8) is 0 Å². The van der Waals surface area contributed by atoms with Gasteiger partial charge in [-0.3, -0.25) is 24.6 Å². The lowest BCUT2D eigenvalue weighted by Crippen LogP contribution is -2.29. The summed E-state index contributed by atoms with van der Waals surface area (Å²) in [5.41, 5.74) is 1.02. The van der Waals surface area contributed by atoms with Crippen molar-refractivity contribution in [1.29, 1.82) is 0 Å². The number of carbonyl (C=O) groups excluding carboxylic acids is 2. The minimum Gasteiger partial charge on any atom is -0.320 e. The van der Waals surface area contributed by atoms with Gasteiger partial charge in [-0.2, -0.15) is 0 Å². The molecule has 1 saturated heterocycles. The highest BCUT2D eigenvalue weighted by molar-refractivity contribution is 8.26. The zero-order valence-electron chi connectivity index (χ0n) is 16.7. The number of anilines is 1. The van der Waals surface area contributed by atoms with Gasteiger partial charge in [0, 0.05) is 19.0 Å². The van der Waals surface area contributed by atoms with E-state index in [1.165, 1.54) is 23.9 Å². The minimum absolute atomic E-state index is 0.0898. The molecule has 1 heterocycles. The number of benzene rings is 2. The normalized spacial score (nSPS) is 14.8. The number of nitro benzene ring substituents is 1. The maximum atomic E-state index is 12.6. The van der Waals surface area contributed by atoms with Gasteiger partial charge in [-0.25, -0.2) is 0 Å². The molecular formula is C22H21N3O4S2. The molecule has 0 radical (unpaired) electrons. The standard InChI is InChI=1S/C22H21N3O4S2/c26-20(23-17-11-6-7-12-18(17)25(28)29)13-5-2-8-14-24-21(27)19(31-22(24)30)15-16-9-3-1-4-10-16/h1,3-4,6-7,9-12,15H,2,5,8,13-14H2,(H,23,26). The first kappa shape index (κ1) is 22.6. The summed E-state index contributed by atoms with van der Waals surface area (Å²) in [5, 5.41) is 13.6. The molecule has 2 aromatic carbocycles. The molecule has 9 heteroatoms. The van der Waals surface area contributed by atoms with E-state index in [1.807, 2.05) is 36.4 Å². The number of para-hydroxylation sites is 2. The summed E-state index contributed by atoms with van der Waals surface area (Å²) in [5.74, 6) is -0.362. The Balaban J connectivity index is 1.42. The Bertz CT molecular complexity index is 1020. The van der Waals surface area contributed by atoms with Crippen LogP contribution in [0.1, 0.15) is 31.2 Å². The van der Waals surface area contributed by atoms with Crippen molar-refractivity contribution in [3.05, 3.63) is 75.2 Å². The van der Waals surface area contributed by atoms with Crippen LogP contribution in [0.4, 0.5) is 11.4 Å². The third-order valence-electron chi connectivity index (χ3n) is 4.63. The van der Waals surface area contributed by atoms with Crippen LogP contribution in [-0.4, -0.2) is 32.5 Å². The fraction of sp³-hybridized carbons (Fsp3) is 0.227. The Hall–Kier alpha value is -3.04. The number of nitrogens with one attached hydrogen (secondary N) is 1. The molecule has 2 aromatic rings. The number of amides is 2. The lowest BCUT2D eigenvalue weighted by atomic mass is 10.1. The van der Waals surface area contributed by atoms with Crippen molar-refractivity contribution in [2.45, 2.75) is 25.7 Å². The second kappa shape index (κ2) is 10.8. The number of thioether (sulfide) groups is 1. The maximum Gasteiger partial charge on any atom is 0.292 e. The van der Waals surface area contributed by atoms with Crippen LogP contribution >= 0.6 is 24.0 Å². The molecule has 0 atom stereocenters. The fourth-order valence-corrected chi connectivity index (χ4v) is 4.39. The van der Waals surface area contributed by atoms with Crippen LogP contribution < -0.4 is 5.32 Å². The quantitative estimate of drug-likeness (QED) is 0.188. The highest BCUT2D eigenvalue weighted by Gasteiger charge is 2.31. The molecule has 0 aromatic heterocycles. The Morgan fingerprint density at radius 3 is 2.55 bits per heavy atom. The van der Waals surface area contributed by atoms with E-state index in [1.54, 1.807) is 17.0 Å². The Morgan fingerprint density at radius 2 is 1.81 bits per heavy atom. The van der Waals surface area contributed by atoms with E-state index in [2.05, 4.69) is 5.32 Å². The summed E-state index contributed by atoms with van der Waals surface area (Å²) in [6, 6.07) is 15.7. The van der Waals surface area contributed by atoms with Gasteiger partial charge in [-0.1, -0.05) is 72.9 Å². The van der Waals surface area contributed by atoms with Gasteiger partial charge in [0.05, 0.1) is 9.83 Å². The summed E-state index contributed by atoms with van der Waals surface area (Å²) in [4.78, 5) is 37.4. The molecule has 0 aliphatic carbocycles. The van der Waals surface area contributed by atoms with Crippen LogP contribution in [0.2, 0.25) is 0 Å². The zero-order valence-corrected chi connectivity index (χ0v) is 18.3. The number of nitro groups is 1. The van der Waals surface area contributed by atoms with Gasteiger partial charge in [0.15, 0.2) is 0 Å². The van der Waals surface area contributed by atoms with Gasteiger partial charge in [-0.15, -0.1) is 0 Å². The lowest BCUT2D eigenvalue weighted by Gasteiger charge is -2.14. The molecule has 160 valence electrons. The first-order chi connectivity index (χ1) is 15.0. The van der Waals surface area contributed by atoms with Crippen LogP contribution in [-0.2, 0) is 9.59 Å². The number of carbonyl (C=O) groups is 2. The van der Waals surface area contributed by atoms with E-state index in [9.17, 15) is 19.7 Å². The second-order valence-electron chi connectivity index (χ2n) is 6.88. The van der Waals surface area contributed by atoms with Crippen molar-refractivity contribution >= 4 is 57.6 Å². The predicted octanol–water partition coefficient (Wildman–Crippen LogP) is 5.00. The summed E-state index contributed by atoms with van der Waals surface area (Å²) < 4.78 is 0.543. The molecule has 1 N–H and O–H groups in total. The molecule has 0 saturated carbocycles. The molecule has 1 aliphatic rings. The highest BCUT2D eigenvalue weighted by atomic mass is 32.2. The summed E-state index contributed by atoms with van der Waals surface area (Å²) in [6.45, 7) is 0.503. The van der Waals surface area contributed by atoms with E-state index in [4.69, 9.17) is 12.2 Å². The van der Waals surface area contributed by atoms with E-state index in [-0.39, 0.29) is 29.6 Å².